The molecule has 0 saturated heterocycles. The van der Waals surface area contributed by atoms with Gasteiger partial charge in [-0.1, -0.05) is 18.6 Å². The van der Waals surface area contributed by atoms with Crippen LogP contribution in [0.3, 0.4) is 0 Å². The van der Waals surface area contributed by atoms with Gasteiger partial charge in [0.25, 0.3) is 0 Å². The summed E-state index contributed by atoms with van der Waals surface area (Å²) in [6.45, 7) is 4.69. The van der Waals surface area contributed by atoms with Gasteiger partial charge >= 0.3 is 17.9 Å². The summed E-state index contributed by atoms with van der Waals surface area (Å²) in [5.74, 6) is -2.79. The first-order valence-corrected chi connectivity index (χ1v) is 15.1. The predicted molar refractivity (Wildman–Crippen MR) is 158 cm³/mol. The molecule has 7 atom stereocenters. The molecule has 0 radical (unpaired) electrons. The van der Waals surface area contributed by atoms with Gasteiger partial charge in [0.05, 0.1) is 11.7 Å². The van der Waals surface area contributed by atoms with Gasteiger partial charge in [-0.15, -0.1) is 0 Å². The Morgan fingerprint density at radius 3 is 2.18 bits per heavy atom. The highest BCUT2D eigenvalue weighted by atomic mass is 19.1. The van der Waals surface area contributed by atoms with Crippen LogP contribution in [-0.4, -0.2) is 51.3 Å². The second kappa shape index (κ2) is 10.7. The average molecular weight is 619 g/mol. The zero-order valence-electron chi connectivity index (χ0n) is 25.2. The number of aliphatic hydroxyl groups is 1. The topological polar surface area (TPSA) is 136 Å². The molecule has 0 aromatic heterocycles. The number of rotatable bonds is 6. The zero-order valence-corrected chi connectivity index (χ0v) is 25.2. The lowest BCUT2D eigenvalue weighted by Gasteiger charge is -2.62. The number of esters is 2. The summed E-state index contributed by atoms with van der Waals surface area (Å²) in [5.41, 5.74) is -5.81. The fraction of sp³-hybridized carbons (Fsp3) is 0.429. The summed E-state index contributed by atoms with van der Waals surface area (Å²) in [7, 11) is 0. The highest BCUT2D eigenvalue weighted by Crippen LogP contribution is 2.70. The van der Waals surface area contributed by atoms with Crippen LogP contribution in [0.2, 0.25) is 0 Å². The number of carboxylic acid groups (broad SMARTS) is 1. The second-order valence-electron chi connectivity index (χ2n) is 13.0. The van der Waals surface area contributed by atoms with Crippen LogP contribution >= 0.6 is 0 Å². The van der Waals surface area contributed by atoms with Crippen molar-refractivity contribution in [1.29, 1.82) is 0 Å². The van der Waals surface area contributed by atoms with Crippen molar-refractivity contribution in [3.05, 3.63) is 77.9 Å². The summed E-state index contributed by atoms with van der Waals surface area (Å²) < 4.78 is 34.1. The zero-order chi connectivity index (χ0) is 32.4. The molecule has 3 fully saturated rings. The standard InChI is InChI=1S/C35H35FO9/c1-20(37)43-24-9-11-26(12-10-24)44-25-7-4-21(5-8-25)30(40)45-34(31(41)42)17-15-27-28-13-6-22-18-23(38)14-16-32(22,2)35(28,36)29(39)19-33(27,34)3/h4-5,7-12,14,16,18,27-29,39H,6,13,15,17,19H2,1-3H3,(H,41,42). The third-order valence-electron chi connectivity index (χ3n) is 10.8. The highest BCUT2D eigenvalue weighted by molar-refractivity contribution is 6.01. The van der Waals surface area contributed by atoms with E-state index in [1.165, 1.54) is 31.2 Å². The number of hydrogen-bond acceptors (Lipinski definition) is 8. The SMILES string of the molecule is CC(=O)Oc1ccc(Oc2ccc(C(=O)OC3(C(=O)O)CCC4C5CCC6=CC(=O)C=CC6(C)C5(F)C(O)CC43C)cc2)cc1. The van der Waals surface area contributed by atoms with Crippen LogP contribution in [0.4, 0.5) is 4.39 Å². The third kappa shape index (κ3) is 4.60. The first kappa shape index (κ1) is 30.7. The fourth-order valence-electron chi connectivity index (χ4n) is 8.52. The van der Waals surface area contributed by atoms with Gasteiger partial charge in [0.15, 0.2) is 11.5 Å². The molecule has 0 aliphatic heterocycles. The van der Waals surface area contributed by atoms with Gasteiger partial charge in [0, 0.05) is 23.7 Å². The second-order valence-corrected chi connectivity index (χ2v) is 13.0. The van der Waals surface area contributed by atoms with Crippen molar-refractivity contribution >= 4 is 23.7 Å². The van der Waals surface area contributed by atoms with Gasteiger partial charge in [-0.2, -0.15) is 0 Å². The van der Waals surface area contributed by atoms with Crippen molar-refractivity contribution in [2.45, 2.75) is 70.2 Å². The Balaban J connectivity index is 1.23. The molecule has 6 rings (SSSR count). The lowest BCUT2D eigenvalue weighted by molar-refractivity contribution is -0.222. The minimum absolute atomic E-state index is 0.0210. The summed E-state index contributed by atoms with van der Waals surface area (Å²) in [6.07, 6.45) is 3.64. The van der Waals surface area contributed by atoms with Crippen LogP contribution in [0.5, 0.6) is 17.2 Å². The summed E-state index contributed by atoms with van der Waals surface area (Å²) >= 11 is 0. The van der Waals surface area contributed by atoms with Crippen molar-refractivity contribution in [3.8, 4) is 17.2 Å². The number of carbonyl (C=O) groups is 4. The minimum atomic E-state index is -2.12. The Morgan fingerprint density at radius 2 is 1.56 bits per heavy atom. The maximum atomic E-state index is 17.4. The molecule has 10 heteroatoms. The van der Waals surface area contributed by atoms with Crippen LogP contribution in [-0.2, 0) is 19.1 Å². The number of hydrogen-bond donors (Lipinski definition) is 2. The van der Waals surface area contributed by atoms with Crippen LogP contribution in [0.15, 0.2) is 72.3 Å². The van der Waals surface area contributed by atoms with E-state index in [4.69, 9.17) is 14.2 Å². The van der Waals surface area contributed by atoms with Crippen molar-refractivity contribution in [2.24, 2.45) is 22.7 Å². The Kier molecular flexibility index (Phi) is 7.27. The first-order chi connectivity index (χ1) is 21.2. The van der Waals surface area contributed by atoms with Gasteiger partial charge < -0.3 is 24.4 Å². The van der Waals surface area contributed by atoms with E-state index < -0.39 is 57.9 Å². The lowest BCUT2D eigenvalue weighted by Crippen LogP contribution is -2.69. The normalized spacial score (nSPS) is 34.9. The van der Waals surface area contributed by atoms with Gasteiger partial charge in [-0.05, 0) is 106 Å². The van der Waals surface area contributed by atoms with Crippen LogP contribution in [0, 0.1) is 22.7 Å². The number of benzene rings is 2. The van der Waals surface area contributed by atoms with Gasteiger partial charge in [-0.3, -0.25) is 9.59 Å². The number of halogens is 1. The molecule has 0 spiro atoms. The van der Waals surface area contributed by atoms with Crippen molar-refractivity contribution in [2.75, 3.05) is 0 Å². The molecule has 236 valence electrons. The van der Waals surface area contributed by atoms with E-state index >= 15 is 4.39 Å². The van der Waals surface area contributed by atoms with Crippen LogP contribution in [0.25, 0.3) is 0 Å². The quantitative estimate of drug-likeness (QED) is 0.306. The van der Waals surface area contributed by atoms with Crippen LogP contribution in [0.1, 0.15) is 63.2 Å². The lowest BCUT2D eigenvalue weighted by atomic mass is 9.45. The Morgan fingerprint density at radius 1 is 0.933 bits per heavy atom. The number of carbonyl (C=O) groups excluding carboxylic acids is 3. The summed E-state index contributed by atoms with van der Waals surface area (Å²) in [5, 5.41) is 22.1. The van der Waals surface area contributed by atoms with E-state index in [0.717, 1.165) is 0 Å². The fourth-order valence-corrected chi connectivity index (χ4v) is 8.52. The maximum Gasteiger partial charge on any atom is 0.348 e. The molecule has 2 aromatic rings. The number of ether oxygens (including phenoxy) is 3. The van der Waals surface area contributed by atoms with Crippen molar-refractivity contribution in [1.82, 2.24) is 0 Å². The van der Waals surface area contributed by atoms with Crippen molar-refractivity contribution < 1.29 is 48.0 Å². The Hall–Kier alpha value is -4.31. The number of alkyl halides is 1. The average Bonchev–Trinajstić information content (AvgIpc) is 3.27. The van der Waals surface area contributed by atoms with E-state index in [9.17, 15) is 29.4 Å². The van der Waals surface area contributed by atoms with E-state index in [2.05, 4.69) is 0 Å². The monoisotopic (exact) mass is 618 g/mol. The number of aliphatic carboxylic acids is 1. The third-order valence-corrected chi connectivity index (χ3v) is 10.8. The Bertz CT molecular complexity index is 1630. The van der Waals surface area contributed by atoms with Gasteiger partial charge in [0.2, 0.25) is 5.60 Å². The molecule has 4 aliphatic rings. The van der Waals surface area contributed by atoms with E-state index in [-0.39, 0.29) is 24.2 Å². The van der Waals surface area contributed by atoms with E-state index in [1.807, 2.05) is 0 Å². The molecule has 0 heterocycles. The molecule has 2 aromatic carbocycles. The molecule has 45 heavy (non-hydrogen) atoms. The first-order valence-electron chi connectivity index (χ1n) is 15.1. The number of carboxylic acids is 1. The van der Waals surface area contributed by atoms with Crippen LogP contribution < -0.4 is 9.47 Å². The number of aliphatic hydroxyl groups excluding tert-OH is 1. The molecule has 4 aliphatic carbocycles. The number of ketones is 1. The van der Waals surface area contributed by atoms with E-state index in [1.54, 1.807) is 56.3 Å². The van der Waals surface area contributed by atoms with Gasteiger partial charge in [-0.25, -0.2) is 14.0 Å². The van der Waals surface area contributed by atoms with Crippen molar-refractivity contribution in [3.63, 3.8) is 0 Å². The summed E-state index contributed by atoms with van der Waals surface area (Å²) in [4.78, 5) is 49.7. The molecule has 3 saturated carbocycles. The highest BCUT2D eigenvalue weighted by Gasteiger charge is 2.76. The smallest absolute Gasteiger partial charge is 0.348 e. The molecule has 0 bridgehead atoms. The molecule has 0 amide bonds. The van der Waals surface area contributed by atoms with E-state index in [0.29, 0.717) is 42.1 Å². The summed E-state index contributed by atoms with van der Waals surface area (Å²) in [6, 6.07) is 12.4. The largest absolute Gasteiger partial charge is 0.478 e. The molecule has 2 N–H and O–H groups in total. The molecular formula is C35H35FO9. The molecule has 7 unspecified atom stereocenters. The number of fused-ring (bicyclic) bond motifs is 5. The predicted octanol–water partition coefficient (Wildman–Crippen LogP) is 5.76. The van der Waals surface area contributed by atoms with Gasteiger partial charge in [0.1, 0.15) is 17.2 Å². The Labute approximate surface area is 259 Å². The number of allylic oxidation sites excluding steroid dienone is 4. The minimum Gasteiger partial charge on any atom is -0.478 e. The maximum absolute atomic E-state index is 17.4. The molecule has 9 nitrogen and oxygen atoms in total. The molecular weight excluding hydrogens is 583 g/mol.